The van der Waals surface area contributed by atoms with Crippen LogP contribution in [0.25, 0.3) is 0 Å². The zero-order chi connectivity index (χ0) is 14.9. The second-order valence-corrected chi connectivity index (χ2v) is 6.26. The second-order valence-electron chi connectivity index (χ2n) is 6.26. The minimum absolute atomic E-state index is 0.0968. The number of amides is 1. The first-order valence-corrected chi connectivity index (χ1v) is 6.83. The lowest BCUT2D eigenvalue weighted by Crippen LogP contribution is -2.25. The Hall–Kier alpha value is -1.78. The maximum Gasteiger partial charge on any atom is 0.257 e. The lowest BCUT2D eigenvalue weighted by molar-refractivity contribution is 0.0825. The second kappa shape index (κ2) is 5.31. The van der Waals surface area contributed by atoms with Gasteiger partial charge in [-0.05, 0) is 33.6 Å². The number of carbonyl (C=O) groups excluding carboxylic acids is 1. The monoisotopic (exact) mass is 278 g/mol. The molecular formula is C15H22N2O3. The van der Waals surface area contributed by atoms with Crippen molar-refractivity contribution in [2.75, 3.05) is 14.1 Å². The third-order valence-corrected chi connectivity index (χ3v) is 2.69. The molecule has 1 amide bonds. The lowest BCUT2D eigenvalue weighted by atomic mass is 10.2. The largest absolute Gasteiger partial charge is 0.485 e. The van der Waals surface area contributed by atoms with E-state index in [0.29, 0.717) is 17.2 Å². The van der Waals surface area contributed by atoms with Gasteiger partial charge < -0.3 is 14.4 Å². The number of pyridine rings is 1. The number of ether oxygens (including phenoxy) is 2. The normalized spacial score (nSPS) is 14.8. The van der Waals surface area contributed by atoms with Crippen molar-refractivity contribution in [1.29, 1.82) is 0 Å². The summed E-state index contributed by atoms with van der Waals surface area (Å²) in [6, 6.07) is 1.72. The molecule has 0 N–H and O–H groups in total. The van der Waals surface area contributed by atoms with Gasteiger partial charge in [0.25, 0.3) is 11.8 Å². The van der Waals surface area contributed by atoms with Crippen LogP contribution in [0.2, 0.25) is 0 Å². The summed E-state index contributed by atoms with van der Waals surface area (Å²) in [6.07, 6.45) is 3.84. The summed E-state index contributed by atoms with van der Waals surface area (Å²) in [5.74, 6) is 0.898. The van der Waals surface area contributed by atoms with Crippen LogP contribution in [0.4, 0.5) is 0 Å². The highest BCUT2D eigenvalue weighted by Crippen LogP contribution is 2.34. The van der Waals surface area contributed by atoms with Gasteiger partial charge in [0.15, 0.2) is 5.75 Å². The van der Waals surface area contributed by atoms with Crippen molar-refractivity contribution in [3.05, 3.63) is 17.8 Å². The minimum atomic E-state index is -0.359. The van der Waals surface area contributed by atoms with Crippen molar-refractivity contribution in [3.8, 4) is 11.6 Å². The van der Waals surface area contributed by atoms with Crippen molar-refractivity contribution < 1.29 is 14.3 Å². The van der Waals surface area contributed by atoms with E-state index in [-0.39, 0.29) is 17.6 Å². The van der Waals surface area contributed by atoms with E-state index in [1.165, 1.54) is 11.1 Å². The molecule has 110 valence electrons. The summed E-state index contributed by atoms with van der Waals surface area (Å²) in [5, 5.41) is 0. The molecule has 1 aromatic heterocycles. The van der Waals surface area contributed by atoms with Gasteiger partial charge >= 0.3 is 0 Å². The fourth-order valence-electron chi connectivity index (χ4n) is 1.62. The summed E-state index contributed by atoms with van der Waals surface area (Å²) in [5.41, 5.74) is 0.147. The lowest BCUT2D eigenvalue weighted by Gasteiger charge is -2.22. The molecule has 0 bridgehead atoms. The molecule has 5 heteroatoms. The van der Waals surface area contributed by atoms with Crippen LogP contribution in [0.5, 0.6) is 11.6 Å². The van der Waals surface area contributed by atoms with E-state index in [0.717, 1.165) is 12.8 Å². The first kappa shape index (κ1) is 14.6. The van der Waals surface area contributed by atoms with E-state index >= 15 is 0 Å². The highest BCUT2D eigenvalue weighted by atomic mass is 16.5. The van der Waals surface area contributed by atoms with Gasteiger partial charge in [0.05, 0.1) is 11.7 Å². The van der Waals surface area contributed by atoms with Crippen LogP contribution in [-0.4, -0.2) is 41.6 Å². The highest BCUT2D eigenvalue weighted by Gasteiger charge is 2.27. The van der Waals surface area contributed by atoms with Gasteiger partial charge in [0, 0.05) is 26.4 Å². The first-order valence-electron chi connectivity index (χ1n) is 6.83. The quantitative estimate of drug-likeness (QED) is 0.849. The smallest absolute Gasteiger partial charge is 0.257 e. The van der Waals surface area contributed by atoms with E-state index in [1.807, 2.05) is 20.8 Å². The third kappa shape index (κ3) is 3.85. The fourth-order valence-corrected chi connectivity index (χ4v) is 1.62. The Balaban J connectivity index is 2.29. The van der Waals surface area contributed by atoms with Gasteiger partial charge in [-0.15, -0.1) is 0 Å². The molecule has 1 heterocycles. The number of aromatic nitrogens is 1. The predicted molar refractivity (Wildman–Crippen MR) is 76.3 cm³/mol. The summed E-state index contributed by atoms with van der Waals surface area (Å²) >= 11 is 0. The van der Waals surface area contributed by atoms with E-state index in [2.05, 4.69) is 4.98 Å². The van der Waals surface area contributed by atoms with E-state index < -0.39 is 0 Å². The molecule has 2 rings (SSSR count). The Morgan fingerprint density at radius 1 is 1.35 bits per heavy atom. The number of rotatable bonds is 4. The molecule has 0 unspecified atom stereocenters. The van der Waals surface area contributed by atoms with Crippen LogP contribution in [0, 0.1) is 0 Å². The number of hydrogen-bond donors (Lipinski definition) is 0. The molecule has 1 fully saturated rings. The van der Waals surface area contributed by atoms with Crippen molar-refractivity contribution in [2.24, 2.45) is 0 Å². The molecule has 0 radical (unpaired) electrons. The Bertz CT molecular complexity index is 502. The Kier molecular flexibility index (Phi) is 3.88. The third-order valence-electron chi connectivity index (χ3n) is 2.69. The predicted octanol–water partition coefficient (Wildman–Crippen LogP) is 2.50. The molecule has 0 atom stereocenters. The zero-order valence-electron chi connectivity index (χ0n) is 12.8. The SMILES string of the molecule is CN(C)C(=O)c1cnc(OC(C)(C)C)c(OC2CC2)c1. The highest BCUT2D eigenvalue weighted by molar-refractivity contribution is 5.94. The molecule has 5 nitrogen and oxygen atoms in total. The summed E-state index contributed by atoms with van der Waals surface area (Å²) in [6.45, 7) is 5.86. The molecule has 0 aliphatic heterocycles. The maximum absolute atomic E-state index is 12.0. The molecule has 1 saturated carbocycles. The number of hydrogen-bond acceptors (Lipinski definition) is 4. The van der Waals surface area contributed by atoms with Crippen molar-refractivity contribution in [1.82, 2.24) is 9.88 Å². The van der Waals surface area contributed by atoms with Crippen molar-refractivity contribution in [3.63, 3.8) is 0 Å². The van der Waals surface area contributed by atoms with Crippen LogP contribution < -0.4 is 9.47 Å². The average molecular weight is 278 g/mol. The standard InChI is InChI=1S/C15H22N2O3/c1-15(2,3)20-13-12(19-11-6-7-11)8-10(9-16-13)14(18)17(4)5/h8-9,11H,6-7H2,1-5H3. The van der Waals surface area contributed by atoms with Crippen LogP contribution in [0.1, 0.15) is 44.0 Å². The van der Waals surface area contributed by atoms with Crippen LogP contribution in [0.3, 0.4) is 0 Å². The maximum atomic E-state index is 12.0. The van der Waals surface area contributed by atoms with Gasteiger partial charge in [0.1, 0.15) is 5.60 Å². The summed E-state index contributed by atoms with van der Waals surface area (Å²) in [4.78, 5) is 17.8. The Morgan fingerprint density at radius 2 is 2.00 bits per heavy atom. The van der Waals surface area contributed by atoms with Crippen molar-refractivity contribution >= 4 is 5.91 Å². The Labute approximate surface area is 119 Å². The van der Waals surface area contributed by atoms with Gasteiger partial charge in [-0.25, -0.2) is 4.98 Å². The average Bonchev–Trinajstić information content (AvgIpc) is 3.12. The van der Waals surface area contributed by atoms with E-state index in [9.17, 15) is 4.79 Å². The number of carbonyl (C=O) groups is 1. The molecule has 20 heavy (non-hydrogen) atoms. The Morgan fingerprint density at radius 3 is 2.50 bits per heavy atom. The van der Waals surface area contributed by atoms with Gasteiger partial charge in [0.2, 0.25) is 0 Å². The summed E-state index contributed by atoms with van der Waals surface area (Å²) < 4.78 is 11.6. The molecular weight excluding hydrogens is 256 g/mol. The molecule has 1 aliphatic rings. The molecule has 1 aromatic rings. The number of nitrogens with zero attached hydrogens (tertiary/aromatic N) is 2. The molecule has 0 aromatic carbocycles. The molecule has 0 spiro atoms. The molecule has 1 aliphatic carbocycles. The topological polar surface area (TPSA) is 51.7 Å². The van der Waals surface area contributed by atoms with Gasteiger partial charge in [-0.3, -0.25) is 4.79 Å². The fraction of sp³-hybridized carbons (Fsp3) is 0.600. The summed E-state index contributed by atoms with van der Waals surface area (Å²) in [7, 11) is 3.42. The molecule has 0 saturated heterocycles. The van der Waals surface area contributed by atoms with Crippen LogP contribution >= 0.6 is 0 Å². The van der Waals surface area contributed by atoms with E-state index in [4.69, 9.17) is 9.47 Å². The van der Waals surface area contributed by atoms with Gasteiger partial charge in [-0.2, -0.15) is 0 Å². The minimum Gasteiger partial charge on any atom is -0.485 e. The van der Waals surface area contributed by atoms with Gasteiger partial charge in [-0.1, -0.05) is 0 Å². The van der Waals surface area contributed by atoms with Crippen molar-refractivity contribution in [2.45, 2.75) is 45.3 Å². The van der Waals surface area contributed by atoms with Crippen LogP contribution in [-0.2, 0) is 0 Å². The first-order chi connectivity index (χ1) is 9.26. The van der Waals surface area contributed by atoms with E-state index in [1.54, 1.807) is 20.2 Å². The van der Waals surface area contributed by atoms with Crippen LogP contribution in [0.15, 0.2) is 12.3 Å². The zero-order valence-corrected chi connectivity index (χ0v) is 12.8.